The number of benzene rings is 2. The van der Waals surface area contributed by atoms with Crippen LogP contribution in [0.2, 0.25) is 5.02 Å². The molecule has 0 spiro atoms. The van der Waals surface area contributed by atoms with Crippen LogP contribution in [0.4, 0.5) is 4.39 Å². The lowest BCUT2D eigenvalue weighted by Gasteiger charge is -2.09. The van der Waals surface area contributed by atoms with Gasteiger partial charge in [-0.25, -0.2) is 4.39 Å². The van der Waals surface area contributed by atoms with Gasteiger partial charge in [0.2, 0.25) is 0 Å². The van der Waals surface area contributed by atoms with Crippen molar-refractivity contribution < 1.29 is 9.13 Å². The maximum absolute atomic E-state index is 13.2. The fourth-order valence-corrected chi connectivity index (χ4v) is 1.63. The van der Waals surface area contributed by atoms with Gasteiger partial charge in [0.05, 0.1) is 5.02 Å². The molecule has 0 fully saturated rings. The molecule has 0 bridgehead atoms. The van der Waals surface area contributed by atoms with Crippen molar-refractivity contribution in [2.24, 2.45) is 5.73 Å². The molecule has 0 saturated heterocycles. The van der Waals surface area contributed by atoms with Crippen LogP contribution in [0.25, 0.3) is 0 Å². The van der Waals surface area contributed by atoms with Crippen LogP contribution in [0.5, 0.6) is 11.5 Å². The summed E-state index contributed by atoms with van der Waals surface area (Å²) in [5, 5.41) is 0.0784. The van der Waals surface area contributed by atoms with E-state index < -0.39 is 5.82 Å². The highest BCUT2D eigenvalue weighted by atomic mass is 35.5. The third-order valence-corrected chi connectivity index (χ3v) is 2.84. The maximum Gasteiger partial charge on any atom is 0.145 e. The van der Waals surface area contributed by atoms with E-state index in [1.807, 2.05) is 19.1 Å². The van der Waals surface area contributed by atoms with Crippen LogP contribution >= 0.6 is 11.6 Å². The van der Waals surface area contributed by atoms with Crippen molar-refractivity contribution in [3.63, 3.8) is 0 Å². The van der Waals surface area contributed by atoms with E-state index in [9.17, 15) is 4.39 Å². The molecule has 0 amide bonds. The Balaban J connectivity index is 2.15. The minimum atomic E-state index is -0.499. The van der Waals surface area contributed by atoms with E-state index in [4.69, 9.17) is 22.1 Å². The van der Waals surface area contributed by atoms with Crippen molar-refractivity contribution in [3.8, 4) is 11.5 Å². The van der Waals surface area contributed by atoms with Crippen LogP contribution in [0.3, 0.4) is 0 Å². The third kappa shape index (κ3) is 3.00. The first-order chi connectivity index (χ1) is 8.56. The van der Waals surface area contributed by atoms with Gasteiger partial charge in [-0.2, -0.15) is 0 Å². The summed E-state index contributed by atoms with van der Waals surface area (Å²) in [4.78, 5) is 0. The first-order valence-corrected chi connectivity index (χ1v) is 5.92. The topological polar surface area (TPSA) is 35.2 Å². The monoisotopic (exact) mass is 265 g/mol. The van der Waals surface area contributed by atoms with Crippen LogP contribution in [0, 0.1) is 5.82 Å². The molecule has 0 aliphatic carbocycles. The molecule has 0 aliphatic rings. The SMILES string of the molecule is C[C@@H](N)c1ccc(Oc2ccc(Cl)c(F)c2)cc1. The molecule has 2 aromatic rings. The van der Waals surface area contributed by atoms with Gasteiger partial charge in [-0.15, -0.1) is 0 Å². The zero-order chi connectivity index (χ0) is 13.1. The summed E-state index contributed by atoms with van der Waals surface area (Å²) in [6.07, 6.45) is 0. The second kappa shape index (κ2) is 5.38. The fourth-order valence-electron chi connectivity index (χ4n) is 1.52. The number of halogens is 2. The predicted molar refractivity (Wildman–Crippen MR) is 70.5 cm³/mol. The Kier molecular flexibility index (Phi) is 3.84. The molecule has 2 nitrogen and oxygen atoms in total. The van der Waals surface area contributed by atoms with Crippen molar-refractivity contribution >= 4 is 11.6 Å². The second-order valence-electron chi connectivity index (χ2n) is 4.04. The van der Waals surface area contributed by atoms with E-state index >= 15 is 0 Å². The zero-order valence-corrected chi connectivity index (χ0v) is 10.6. The molecule has 2 rings (SSSR count). The molecule has 0 aromatic heterocycles. The van der Waals surface area contributed by atoms with Crippen LogP contribution in [-0.4, -0.2) is 0 Å². The summed E-state index contributed by atoms with van der Waals surface area (Å²) in [6, 6.07) is 11.7. The molecule has 0 saturated carbocycles. The van der Waals surface area contributed by atoms with Crippen LogP contribution < -0.4 is 10.5 Å². The highest BCUT2D eigenvalue weighted by Gasteiger charge is 2.04. The van der Waals surface area contributed by atoms with E-state index in [1.54, 1.807) is 18.2 Å². The minimum Gasteiger partial charge on any atom is -0.457 e. The number of nitrogens with two attached hydrogens (primary N) is 1. The van der Waals surface area contributed by atoms with E-state index in [0.29, 0.717) is 11.5 Å². The lowest BCUT2D eigenvalue weighted by Crippen LogP contribution is -2.04. The zero-order valence-electron chi connectivity index (χ0n) is 9.86. The van der Waals surface area contributed by atoms with Crippen molar-refractivity contribution in [2.45, 2.75) is 13.0 Å². The molecule has 1 atom stereocenters. The van der Waals surface area contributed by atoms with Crippen LogP contribution in [-0.2, 0) is 0 Å². The molecule has 18 heavy (non-hydrogen) atoms. The summed E-state index contributed by atoms with van der Waals surface area (Å²) in [5.74, 6) is 0.535. The van der Waals surface area contributed by atoms with E-state index in [-0.39, 0.29) is 11.1 Å². The summed E-state index contributed by atoms with van der Waals surface area (Å²) in [6.45, 7) is 1.91. The van der Waals surface area contributed by atoms with Gasteiger partial charge >= 0.3 is 0 Å². The molecular formula is C14H13ClFNO. The van der Waals surface area contributed by atoms with E-state index in [1.165, 1.54) is 12.1 Å². The first-order valence-electron chi connectivity index (χ1n) is 5.54. The Morgan fingerprint density at radius 2 is 1.72 bits per heavy atom. The highest BCUT2D eigenvalue weighted by Crippen LogP contribution is 2.26. The van der Waals surface area contributed by atoms with Gasteiger partial charge in [0.15, 0.2) is 0 Å². The Labute approximate surface area is 110 Å². The minimum absolute atomic E-state index is 0.0213. The molecule has 2 aromatic carbocycles. The number of rotatable bonds is 3. The molecule has 0 aliphatic heterocycles. The van der Waals surface area contributed by atoms with Gasteiger partial charge in [-0.3, -0.25) is 0 Å². The van der Waals surface area contributed by atoms with E-state index in [0.717, 1.165) is 5.56 Å². The van der Waals surface area contributed by atoms with Crippen molar-refractivity contribution in [1.29, 1.82) is 0 Å². The Morgan fingerprint density at radius 1 is 1.11 bits per heavy atom. The smallest absolute Gasteiger partial charge is 0.145 e. The number of hydrogen-bond donors (Lipinski definition) is 1. The normalized spacial score (nSPS) is 12.2. The van der Waals surface area contributed by atoms with Gasteiger partial charge < -0.3 is 10.5 Å². The number of ether oxygens (including phenoxy) is 1. The predicted octanol–water partition coefficient (Wildman–Crippen LogP) is 4.29. The van der Waals surface area contributed by atoms with Crippen LogP contribution in [0.15, 0.2) is 42.5 Å². The molecule has 94 valence electrons. The number of hydrogen-bond acceptors (Lipinski definition) is 2. The molecular weight excluding hydrogens is 253 g/mol. The summed E-state index contributed by atoms with van der Waals surface area (Å²) < 4.78 is 18.7. The molecule has 0 heterocycles. The van der Waals surface area contributed by atoms with Crippen LogP contribution in [0.1, 0.15) is 18.5 Å². The summed E-state index contributed by atoms with van der Waals surface area (Å²) >= 11 is 5.59. The highest BCUT2D eigenvalue weighted by molar-refractivity contribution is 6.30. The maximum atomic E-state index is 13.2. The Morgan fingerprint density at radius 3 is 2.28 bits per heavy atom. The Bertz CT molecular complexity index is 540. The van der Waals surface area contributed by atoms with Gasteiger partial charge in [0, 0.05) is 12.1 Å². The summed E-state index contributed by atoms with van der Waals surface area (Å²) in [5.41, 5.74) is 6.77. The fraction of sp³-hybridized carbons (Fsp3) is 0.143. The largest absolute Gasteiger partial charge is 0.457 e. The third-order valence-electron chi connectivity index (χ3n) is 2.53. The first kappa shape index (κ1) is 12.9. The molecule has 0 unspecified atom stereocenters. The van der Waals surface area contributed by atoms with Gasteiger partial charge in [0.1, 0.15) is 17.3 Å². The second-order valence-corrected chi connectivity index (χ2v) is 4.44. The van der Waals surface area contributed by atoms with Gasteiger partial charge in [0.25, 0.3) is 0 Å². The van der Waals surface area contributed by atoms with Crippen molar-refractivity contribution in [2.75, 3.05) is 0 Å². The average Bonchev–Trinajstić information content (AvgIpc) is 2.34. The lowest BCUT2D eigenvalue weighted by molar-refractivity contribution is 0.476. The average molecular weight is 266 g/mol. The Hall–Kier alpha value is -1.58. The van der Waals surface area contributed by atoms with Gasteiger partial charge in [-0.05, 0) is 36.8 Å². The molecule has 0 radical (unpaired) electrons. The van der Waals surface area contributed by atoms with Crippen molar-refractivity contribution in [1.82, 2.24) is 0 Å². The van der Waals surface area contributed by atoms with Gasteiger partial charge in [-0.1, -0.05) is 23.7 Å². The van der Waals surface area contributed by atoms with E-state index in [2.05, 4.69) is 0 Å². The standard InChI is InChI=1S/C14H13ClFNO/c1-9(17)10-2-4-11(5-3-10)18-12-6-7-13(15)14(16)8-12/h2-9H,17H2,1H3/t9-/m1/s1. The molecule has 4 heteroatoms. The van der Waals surface area contributed by atoms with Crippen molar-refractivity contribution in [3.05, 3.63) is 58.9 Å². The lowest BCUT2D eigenvalue weighted by atomic mass is 10.1. The quantitative estimate of drug-likeness (QED) is 0.898. The summed E-state index contributed by atoms with van der Waals surface area (Å²) in [7, 11) is 0. The molecule has 2 N–H and O–H groups in total.